The molecule has 0 unspecified atom stereocenters. The van der Waals surface area contributed by atoms with Gasteiger partial charge in [-0.25, -0.2) is 4.98 Å². The van der Waals surface area contributed by atoms with Crippen LogP contribution in [0.2, 0.25) is 0 Å². The average Bonchev–Trinajstić information content (AvgIpc) is 3.33. The fourth-order valence-corrected chi connectivity index (χ4v) is 4.12. The van der Waals surface area contributed by atoms with Crippen LogP contribution in [0, 0.1) is 0 Å². The number of hydrogen-bond acceptors (Lipinski definition) is 4. The zero-order valence-electron chi connectivity index (χ0n) is 13.5. The van der Waals surface area contributed by atoms with Gasteiger partial charge in [-0.05, 0) is 45.4 Å². The maximum atomic E-state index is 12.4. The van der Waals surface area contributed by atoms with E-state index in [0.29, 0.717) is 19.0 Å². The van der Waals surface area contributed by atoms with Crippen molar-refractivity contribution in [2.45, 2.75) is 62.9 Å². The number of carbonyl (C=O) groups is 1. The van der Waals surface area contributed by atoms with E-state index < -0.39 is 6.10 Å². The van der Waals surface area contributed by atoms with E-state index in [1.807, 2.05) is 0 Å². The van der Waals surface area contributed by atoms with Gasteiger partial charge in [0.15, 0.2) is 0 Å². The number of aromatic nitrogens is 2. The maximum Gasteiger partial charge on any atom is 0.254 e. The van der Waals surface area contributed by atoms with Gasteiger partial charge in [-0.15, -0.1) is 0 Å². The number of aliphatic hydroxyl groups excluding tert-OH is 1. The van der Waals surface area contributed by atoms with E-state index in [2.05, 4.69) is 4.98 Å². The van der Waals surface area contributed by atoms with Gasteiger partial charge in [0, 0.05) is 30.0 Å². The van der Waals surface area contributed by atoms with Crippen LogP contribution in [-0.2, 0) is 16.6 Å². The molecule has 1 saturated heterocycles. The number of fused-ring (bicyclic) bond motifs is 2. The molecule has 23 heavy (non-hydrogen) atoms. The lowest BCUT2D eigenvalue weighted by Crippen LogP contribution is -2.47. The Kier molecular flexibility index (Phi) is 3.34. The fraction of sp³-hybridized carbons (Fsp3) is 0.706. The van der Waals surface area contributed by atoms with Crippen LogP contribution in [0.4, 0.5) is 0 Å². The van der Waals surface area contributed by atoms with Crippen molar-refractivity contribution in [1.82, 2.24) is 14.9 Å². The Morgan fingerprint density at radius 3 is 2.65 bits per heavy atom. The van der Waals surface area contributed by atoms with Crippen LogP contribution >= 0.6 is 0 Å². The Balaban J connectivity index is 1.61. The first kappa shape index (κ1) is 14.9. The van der Waals surface area contributed by atoms with Crippen molar-refractivity contribution < 1.29 is 9.90 Å². The molecule has 2 N–H and O–H groups in total. The van der Waals surface area contributed by atoms with Crippen molar-refractivity contribution in [3.05, 3.63) is 27.4 Å². The number of aromatic amines is 1. The van der Waals surface area contributed by atoms with Gasteiger partial charge in [-0.1, -0.05) is 0 Å². The molecule has 0 aromatic carbocycles. The smallest absolute Gasteiger partial charge is 0.254 e. The van der Waals surface area contributed by atoms with Gasteiger partial charge in [0.05, 0.1) is 5.69 Å². The van der Waals surface area contributed by atoms with E-state index >= 15 is 0 Å². The van der Waals surface area contributed by atoms with Crippen molar-refractivity contribution >= 4 is 5.91 Å². The number of H-pyrrole nitrogens is 1. The van der Waals surface area contributed by atoms with Gasteiger partial charge in [-0.3, -0.25) is 9.59 Å². The van der Waals surface area contributed by atoms with E-state index in [9.17, 15) is 14.7 Å². The molecule has 1 aliphatic heterocycles. The van der Waals surface area contributed by atoms with Gasteiger partial charge in [0.1, 0.15) is 11.9 Å². The third-order valence-electron chi connectivity index (χ3n) is 5.74. The molecule has 3 aliphatic rings. The van der Waals surface area contributed by atoms with Crippen LogP contribution in [0.1, 0.15) is 62.0 Å². The molecule has 1 saturated carbocycles. The second-order valence-corrected chi connectivity index (χ2v) is 7.33. The molecule has 1 amide bonds. The van der Waals surface area contributed by atoms with E-state index in [1.165, 1.54) is 6.92 Å². The molecule has 6 nitrogen and oxygen atoms in total. The first-order valence-corrected chi connectivity index (χ1v) is 8.61. The largest absolute Gasteiger partial charge is 0.384 e. The van der Waals surface area contributed by atoms with E-state index in [-0.39, 0.29) is 16.9 Å². The summed E-state index contributed by atoms with van der Waals surface area (Å²) < 4.78 is 0. The van der Waals surface area contributed by atoms with Crippen molar-refractivity contribution in [2.24, 2.45) is 0 Å². The van der Waals surface area contributed by atoms with Crippen LogP contribution in [-0.4, -0.2) is 45.1 Å². The molecule has 1 spiro atoms. The number of nitrogens with zero attached hydrogens (tertiary/aromatic N) is 2. The first-order chi connectivity index (χ1) is 11.0. The highest BCUT2D eigenvalue weighted by atomic mass is 16.3. The number of nitrogens with one attached hydrogen (secondary N) is 1. The minimum atomic E-state index is -0.942. The second kappa shape index (κ2) is 5.16. The second-order valence-electron chi connectivity index (χ2n) is 7.33. The summed E-state index contributed by atoms with van der Waals surface area (Å²) in [5, 5.41) is 9.48. The number of rotatable bonds is 2. The van der Waals surface area contributed by atoms with Crippen LogP contribution < -0.4 is 5.56 Å². The first-order valence-electron chi connectivity index (χ1n) is 8.61. The molecule has 1 atom stereocenters. The van der Waals surface area contributed by atoms with E-state index in [4.69, 9.17) is 4.98 Å². The molecule has 124 valence electrons. The highest BCUT2D eigenvalue weighted by molar-refractivity contribution is 5.80. The van der Waals surface area contributed by atoms with Crippen molar-refractivity contribution in [3.63, 3.8) is 0 Å². The lowest BCUT2D eigenvalue weighted by atomic mass is 9.76. The number of likely N-dealkylation sites (tertiary alicyclic amines) is 1. The molecule has 0 radical (unpaired) electrons. The summed E-state index contributed by atoms with van der Waals surface area (Å²) in [4.78, 5) is 33.9. The van der Waals surface area contributed by atoms with Gasteiger partial charge in [0.25, 0.3) is 11.5 Å². The Labute approximate surface area is 134 Å². The van der Waals surface area contributed by atoms with E-state index in [0.717, 1.165) is 55.6 Å². The summed E-state index contributed by atoms with van der Waals surface area (Å²) in [6.45, 7) is 2.79. The van der Waals surface area contributed by atoms with Crippen molar-refractivity contribution in [3.8, 4) is 0 Å². The highest BCUT2D eigenvalue weighted by Gasteiger charge is 2.45. The summed E-state index contributed by atoms with van der Waals surface area (Å²) >= 11 is 0. The third-order valence-corrected chi connectivity index (χ3v) is 5.74. The molecule has 2 heterocycles. The number of amides is 1. The molecule has 4 rings (SSSR count). The minimum Gasteiger partial charge on any atom is -0.384 e. The summed E-state index contributed by atoms with van der Waals surface area (Å²) in [6.07, 6.45) is 4.69. The molecular weight excluding hydrogens is 294 g/mol. The van der Waals surface area contributed by atoms with Crippen LogP contribution in [0.5, 0.6) is 0 Å². The SMILES string of the molecule is C[C@H](O)C(=O)N1CCC2(CCc3c2nc(C2CC2)[nH]c3=O)CC1. The van der Waals surface area contributed by atoms with E-state index in [1.54, 1.807) is 4.90 Å². The third kappa shape index (κ3) is 2.40. The molecule has 0 bridgehead atoms. The maximum absolute atomic E-state index is 12.4. The van der Waals surface area contributed by atoms with Crippen LogP contribution in [0.3, 0.4) is 0 Å². The average molecular weight is 317 g/mol. The zero-order valence-corrected chi connectivity index (χ0v) is 13.5. The minimum absolute atomic E-state index is 0.0382. The number of hydrogen-bond donors (Lipinski definition) is 2. The molecule has 2 aliphatic carbocycles. The summed E-state index contributed by atoms with van der Waals surface area (Å²) in [7, 11) is 0. The van der Waals surface area contributed by atoms with Crippen LogP contribution in [0.25, 0.3) is 0 Å². The molecule has 1 aromatic rings. The predicted octanol–water partition coefficient (Wildman–Crippen LogP) is 0.835. The summed E-state index contributed by atoms with van der Waals surface area (Å²) in [5.74, 6) is 1.09. The highest BCUT2D eigenvalue weighted by Crippen LogP contribution is 2.46. The lowest BCUT2D eigenvalue weighted by Gasteiger charge is -2.39. The number of carbonyl (C=O) groups excluding carboxylic acids is 1. The van der Waals surface area contributed by atoms with Gasteiger partial charge in [-0.2, -0.15) is 0 Å². The lowest BCUT2D eigenvalue weighted by molar-refractivity contribution is -0.140. The molecule has 1 aromatic heterocycles. The standard InChI is InChI=1S/C17H23N3O3/c1-10(21)16(23)20-8-6-17(7-9-20)5-4-12-13(17)18-14(11-2-3-11)19-15(12)22/h10-11,21H,2-9H2,1H3,(H,18,19,22)/t10-/m0/s1. The normalized spacial score (nSPS) is 23.8. The molecule has 2 fully saturated rings. The summed E-state index contributed by atoms with van der Waals surface area (Å²) in [6, 6.07) is 0. The van der Waals surface area contributed by atoms with Gasteiger partial charge >= 0.3 is 0 Å². The van der Waals surface area contributed by atoms with Crippen molar-refractivity contribution in [2.75, 3.05) is 13.1 Å². The predicted molar refractivity (Wildman–Crippen MR) is 84.3 cm³/mol. The van der Waals surface area contributed by atoms with Crippen molar-refractivity contribution in [1.29, 1.82) is 0 Å². The van der Waals surface area contributed by atoms with Gasteiger partial charge in [0.2, 0.25) is 0 Å². The summed E-state index contributed by atoms with van der Waals surface area (Å²) in [5.41, 5.74) is 1.83. The topological polar surface area (TPSA) is 86.3 Å². The Morgan fingerprint density at radius 2 is 2.04 bits per heavy atom. The Bertz CT molecular complexity index is 698. The zero-order chi connectivity index (χ0) is 16.2. The number of aliphatic hydroxyl groups is 1. The fourth-order valence-electron chi connectivity index (χ4n) is 4.12. The quantitative estimate of drug-likeness (QED) is 0.846. The Hall–Kier alpha value is -1.69. The van der Waals surface area contributed by atoms with Crippen LogP contribution in [0.15, 0.2) is 4.79 Å². The monoisotopic (exact) mass is 317 g/mol. The number of piperidine rings is 1. The molecular formula is C17H23N3O3. The van der Waals surface area contributed by atoms with Gasteiger partial charge < -0.3 is 15.0 Å². The Morgan fingerprint density at radius 1 is 1.35 bits per heavy atom. The molecule has 6 heteroatoms.